The normalized spacial score (nSPS) is 11.6. The fourth-order valence-electron chi connectivity index (χ4n) is 3.08. The van der Waals surface area contributed by atoms with Crippen LogP contribution in [0, 0.1) is 6.92 Å². The van der Waals surface area contributed by atoms with Crippen molar-refractivity contribution in [2.24, 2.45) is 0 Å². The van der Waals surface area contributed by atoms with Crippen molar-refractivity contribution in [3.63, 3.8) is 0 Å². The summed E-state index contributed by atoms with van der Waals surface area (Å²) in [5.41, 5.74) is 1.86. The number of aryl methyl sites for hydroxylation is 1. The molecule has 136 valence electrons. The van der Waals surface area contributed by atoms with Crippen LogP contribution in [0.2, 0.25) is 0 Å². The van der Waals surface area contributed by atoms with Crippen LogP contribution in [0.25, 0.3) is 20.5 Å². The van der Waals surface area contributed by atoms with Gasteiger partial charge in [0.1, 0.15) is 5.75 Å². The van der Waals surface area contributed by atoms with E-state index in [1.165, 1.54) is 11.3 Å². The molecule has 27 heavy (non-hydrogen) atoms. The lowest BCUT2D eigenvalue weighted by molar-refractivity contribution is 0.415. The lowest BCUT2D eigenvalue weighted by Gasteiger charge is -2.09. The fourth-order valence-corrected chi connectivity index (χ4v) is 6.25. The van der Waals surface area contributed by atoms with Crippen LogP contribution >= 0.6 is 11.3 Å². The van der Waals surface area contributed by atoms with E-state index < -0.39 is 9.84 Å². The average Bonchev–Trinajstić information content (AvgIpc) is 3.09. The third-order valence-electron chi connectivity index (χ3n) is 4.48. The topological polar surface area (TPSA) is 43.4 Å². The average molecular weight is 395 g/mol. The predicted molar refractivity (Wildman–Crippen MR) is 110 cm³/mol. The van der Waals surface area contributed by atoms with E-state index in [-0.39, 0.29) is 0 Å². The van der Waals surface area contributed by atoms with Crippen molar-refractivity contribution in [3.05, 3.63) is 78.4 Å². The van der Waals surface area contributed by atoms with Crippen molar-refractivity contribution >= 4 is 31.3 Å². The Bertz CT molecular complexity index is 1220. The zero-order chi connectivity index (χ0) is 19.0. The summed E-state index contributed by atoms with van der Waals surface area (Å²) in [5.74, 6) is 0.698. The molecule has 0 fully saturated rings. The van der Waals surface area contributed by atoms with Crippen LogP contribution in [0.15, 0.2) is 82.6 Å². The first kappa shape index (κ1) is 17.8. The van der Waals surface area contributed by atoms with E-state index in [0.717, 1.165) is 26.1 Å². The van der Waals surface area contributed by atoms with Crippen LogP contribution in [0.1, 0.15) is 5.56 Å². The van der Waals surface area contributed by atoms with Gasteiger partial charge in [-0.2, -0.15) is 0 Å². The van der Waals surface area contributed by atoms with Gasteiger partial charge in [0, 0.05) is 10.1 Å². The van der Waals surface area contributed by atoms with Crippen LogP contribution < -0.4 is 4.74 Å². The SMILES string of the molecule is COc1cccc(-c2sc3ccccc3c2S(=O)(=O)c2ccc(C)cc2)c1. The third kappa shape index (κ3) is 3.13. The summed E-state index contributed by atoms with van der Waals surface area (Å²) in [6.07, 6.45) is 0. The van der Waals surface area contributed by atoms with Gasteiger partial charge in [-0.3, -0.25) is 0 Å². The van der Waals surface area contributed by atoms with Gasteiger partial charge >= 0.3 is 0 Å². The molecule has 0 radical (unpaired) electrons. The first-order valence-corrected chi connectivity index (χ1v) is 10.8. The molecule has 0 aliphatic heterocycles. The number of ether oxygens (including phenoxy) is 1. The van der Waals surface area contributed by atoms with Gasteiger partial charge in [0.15, 0.2) is 0 Å². The molecule has 0 amide bonds. The summed E-state index contributed by atoms with van der Waals surface area (Å²) in [4.78, 5) is 1.40. The highest BCUT2D eigenvalue weighted by Gasteiger charge is 2.27. The van der Waals surface area contributed by atoms with Gasteiger partial charge in [0.25, 0.3) is 0 Å². The molecule has 0 saturated heterocycles. The molecule has 4 rings (SSSR count). The van der Waals surface area contributed by atoms with Gasteiger partial charge in [0.05, 0.1) is 21.8 Å². The van der Waals surface area contributed by atoms with E-state index in [0.29, 0.717) is 15.5 Å². The van der Waals surface area contributed by atoms with E-state index in [1.807, 2.05) is 67.6 Å². The zero-order valence-corrected chi connectivity index (χ0v) is 16.6. The molecule has 1 heterocycles. The number of sulfone groups is 1. The number of rotatable bonds is 4. The number of thiophene rings is 1. The molecule has 4 aromatic rings. The van der Waals surface area contributed by atoms with Gasteiger partial charge in [-0.05, 0) is 42.8 Å². The number of hydrogen-bond donors (Lipinski definition) is 0. The van der Waals surface area contributed by atoms with Crippen molar-refractivity contribution in [2.75, 3.05) is 7.11 Å². The largest absolute Gasteiger partial charge is 0.497 e. The Kier molecular flexibility index (Phi) is 4.50. The van der Waals surface area contributed by atoms with Crippen molar-refractivity contribution in [2.45, 2.75) is 16.7 Å². The standard InChI is InChI=1S/C22H18O3S2/c1-15-10-12-18(13-11-15)27(23,24)22-19-8-3-4-9-20(19)26-21(22)16-6-5-7-17(14-16)25-2/h3-14H,1-2H3. The molecule has 0 saturated carbocycles. The quantitative estimate of drug-likeness (QED) is 0.445. The zero-order valence-electron chi connectivity index (χ0n) is 15.0. The first-order valence-electron chi connectivity index (χ1n) is 8.48. The second-order valence-electron chi connectivity index (χ2n) is 6.30. The molecule has 0 aliphatic rings. The Hall–Kier alpha value is -2.63. The van der Waals surface area contributed by atoms with Crippen LogP contribution in [-0.2, 0) is 9.84 Å². The molecule has 0 atom stereocenters. The molecule has 0 spiro atoms. The van der Waals surface area contributed by atoms with Gasteiger partial charge in [-0.15, -0.1) is 11.3 Å². The van der Waals surface area contributed by atoms with Crippen LogP contribution in [0.4, 0.5) is 0 Å². The molecule has 5 heteroatoms. The van der Waals surface area contributed by atoms with Crippen molar-refractivity contribution in [1.82, 2.24) is 0 Å². The summed E-state index contributed by atoms with van der Waals surface area (Å²) in [5, 5.41) is 0.751. The van der Waals surface area contributed by atoms with E-state index in [9.17, 15) is 8.42 Å². The van der Waals surface area contributed by atoms with E-state index in [4.69, 9.17) is 4.74 Å². The monoisotopic (exact) mass is 394 g/mol. The van der Waals surface area contributed by atoms with E-state index >= 15 is 0 Å². The minimum atomic E-state index is -3.67. The van der Waals surface area contributed by atoms with Crippen molar-refractivity contribution in [1.29, 1.82) is 0 Å². The maximum absolute atomic E-state index is 13.5. The van der Waals surface area contributed by atoms with Gasteiger partial charge < -0.3 is 4.74 Å². The second-order valence-corrected chi connectivity index (χ2v) is 9.24. The third-order valence-corrected chi connectivity index (χ3v) is 7.69. The Labute approximate surface area is 162 Å². The molecule has 1 aromatic heterocycles. The number of fused-ring (bicyclic) bond motifs is 1. The maximum Gasteiger partial charge on any atom is 0.208 e. The maximum atomic E-state index is 13.5. The molecule has 3 nitrogen and oxygen atoms in total. The van der Waals surface area contributed by atoms with Crippen LogP contribution in [0.3, 0.4) is 0 Å². The number of hydrogen-bond acceptors (Lipinski definition) is 4. The first-order chi connectivity index (χ1) is 13.0. The summed E-state index contributed by atoms with van der Waals surface area (Å²) in [7, 11) is -2.06. The summed E-state index contributed by atoms with van der Waals surface area (Å²) in [6.45, 7) is 1.94. The van der Waals surface area contributed by atoms with Gasteiger partial charge in [-0.25, -0.2) is 8.42 Å². The summed E-state index contributed by atoms with van der Waals surface area (Å²) < 4.78 is 33.4. The summed E-state index contributed by atoms with van der Waals surface area (Å²) >= 11 is 1.49. The van der Waals surface area contributed by atoms with Gasteiger partial charge in [-0.1, -0.05) is 48.0 Å². The van der Waals surface area contributed by atoms with E-state index in [1.54, 1.807) is 19.2 Å². The predicted octanol–water partition coefficient (Wildman–Crippen LogP) is 5.72. The Morgan fingerprint density at radius 1 is 0.889 bits per heavy atom. The smallest absolute Gasteiger partial charge is 0.208 e. The fraction of sp³-hybridized carbons (Fsp3) is 0.0909. The number of methoxy groups -OCH3 is 1. The number of benzene rings is 3. The molecule has 0 aliphatic carbocycles. The molecule has 0 unspecified atom stereocenters. The van der Waals surface area contributed by atoms with E-state index in [2.05, 4.69) is 0 Å². The Balaban J connectivity index is 2.03. The second kappa shape index (κ2) is 6.83. The molecular formula is C22H18O3S2. The highest BCUT2D eigenvalue weighted by Crippen LogP contribution is 2.44. The molecule has 0 N–H and O–H groups in total. The molecule has 0 bridgehead atoms. The highest BCUT2D eigenvalue weighted by atomic mass is 32.2. The lowest BCUT2D eigenvalue weighted by atomic mass is 10.1. The van der Waals surface area contributed by atoms with Gasteiger partial charge in [0.2, 0.25) is 9.84 Å². The minimum absolute atomic E-state index is 0.306. The van der Waals surface area contributed by atoms with Crippen molar-refractivity contribution in [3.8, 4) is 16.2 Å². The summed E-state index contributed by atoms with van der Waals surface area (Å²) in [6, 6.07) is 22.1. The molecular weight excluding hydrogens is 376 g/mol. The Morgan fingerprint density at radius 3 is 2.37 bits per heavy atom. The lowest BCUT2D eigenvalue weighted by Crippen LogP contribution is -2.02. The highest BCUT2D eigenvalue weighted by molar-refractivity contribution is 7.92. The molecule has 3 aromatic carbocycles. The minimum Gasteiger partial charge on any atom is -0.497 e. The van der Waals surface area contributed by atoms with Crippen molar-refractivity contribution < 1.29 is 13.2 Å². The Morgan fingerprint density at radius 2 is 1.63 bits per heavy atom. The van der Waals surface area contributed by atoms with Crippen LogP contribution in [-0.4, -0.2) is 15.5 Å². The van der Waals surface area contributed by atoms with Crippen LogP contribution in [0.5, 0.6) is 5.75 Å².